The lowest BCUT2D eigenvalue weighted by Crippen LogP contribution is -2.35. The first-order valence-corrected chi connectivity index (χ1v) is 7.29. The van der Waals surface area contributed by atoms with Gasteiger partial charge < -0.3 is 9.73 Å². The molecule has 0 saturated heterocycles. The van der Waals surface area contributed by atoms with E-state index in [4.69, 9.17) is 4.42 Å². The summed E-state index contributed by atoms with van der Waals surface area (Å²) in [6.07, 6.45) is -2.65. The van der Waals surface area contributed by atoms with Crippen LogP contribution in [0.4, 0.5) is 13.2 Å². The van der Waals surface area contributed by atoms with E-state index in [0.717, 1.165) is 0 Å². The summed E-state index contributed by atoms with van der Waals surface area (Å²) in [5.74, 6) is -0.760. The maximum Gasteiger partial charge on any atom is 0.391 e. The van der Waals surface area contributed by atoms with Gasteiger partial charge in [-0.2, -0.15) is 13.2 Å². The number of hydrogen-bond acceptors (Lipinski definition) is 4. The van der Waals surface area contributed by atoms with Crippen molar-refractivity contribution >= 4 is 0 Å². The Balaban J connectivity index is 1.97. The summed E-state index contributed by atoms with van der Waals surface area (Å²) >= 11 is 0. The van der Waals surface area contributed by atoms with E-state index in [1.807, 2.05) is 20.8 Å². The number of aromatic nitrogens is 2. The van der Waals surface area contributed by atoms with Gasteiger partial charge in [0.15, 0.2) is 0 Å². The molecule has 1 aliphatic carbocycles. The van der Waals surface area contributed by atoms with Crippen molar-refractivity contribution in [2.45, 2.75) is 70.6 Å². The molecule has 0 aliphatic heterocycles. The molecule has 1 heterocycles. The maximum absolute atomic E-state index is 12.8. The van der Waals surface area contributed by atoms with Gasteiger partial charge in [0, 0.05) is 11.5 Å². The lowest BCUT2D eigenvalue weighted by molar-refractivity contribution is -0.183. The van der Waals surface area contributed by atoms with E-state index in [1.54, 1.807) is 0 Å². The van der Waals surface area contributed by atoms with E-state index in [1.165, 1.54) is 0 Å². The molecule has 1 fully saturated rings. The van der Waals surface area contributed by atoms with Crippen LogP contribution in [-0.4, -0.2) is 21.9 Å². The molecule has 0 aromatic carbocycles. The highest BCUT2D eigenvalue weighted by atomic mass is 19.4. The molecule has 1 saturated carbocycles. The lowest BCUT2D eigenvalue weighted by atomic mass is 9.81. The number of hydrogen-bond donors (Lipinski definition) is 1. The number of rotatable bonds is 3. The third-order valence-corrected chi connectivity index (χ3v) is 3.74. The van der Waals surface area contributed by atoms with E-state index in [2.05, 4.69) is 15.5 Å². The second-order valence-electron chi connectivity index (χ2n) is 6.74. The summed E-state index contributed by atoms with van der Waals surface area (Å²) in [6.45, 7) is 6.46. The Kier molecular flexibility index (Phi) is 4.60. The smallest absolute Gasteiger partial charge is 0.391 e. The maximum atomic E-state index is 12.8. The first-order chi connectivity index (χ1) is 9.65. The Bertz CT molecular complexity index is 465. The second-order valence-corrected chi connectivity index (χ2v) is 6.74. The summed E-state index contributed by atoms with van der Waals surface area (Å²) in [7, 11) is 0. The van der Waals surface area contributed by atoms with Crippen LogP contribution in [0, 0.1) is 5.92 Å². The molecule has 1 N–H and O–H groups in total. The molecule has 1 aliphatic rings. The summed E-state index contributed by atoms with van der Waals surface area (Å²) in [4.78, 5) is 0. The largest absolute Gasteiger partial charge is 0.424 e. The molecule has 21 heavy (non-hydrogen) atoms. The minimum Gasteiger partial charge on any atom is -0.424 e. The third-order valence-electron chi connectivity index (χ3n) is 3.74. The van der Waals surface area contributed by atoms with Crippen LogP contribution in [-0.2, 0) is 6.54 Å². The SMILES string of the molecule is CC(C)(C)NCc1nnc(C2CCCC(C(F)(F)F)C2)o1. The van der Waals surface area contributed by atoms with Crippen molar-refractivity contribution in [1.29, 1.82) is 0 Å². The van der Waals surface area contributed by atoms with Gasteiger partial charge in [-0.1, -0.05) is 6.42 Å². The topological polar surface area (TPSA) is 51.0 Å². The van der Waals surface area contributed by atoms with Gasteiger partial charge in [-0.25, -0.2) is 0 Å². The van der Waals surface area contributed by atoms with Crippen LogP contribution in [0.3, 0.4) is 0 Å². The van der Waals surface area contributed by atoms with Crippen LogP contribution in [0.25, 0.3) is 0 Å². The summed E-state index contributed by atoms with van der Waals surface area (Å²) in [6, 6.07) is 0. The zero-order chi connectivity index (χ0) is 15.7. The highest BCUT2D eigenvalue weighted by Crippen LogP contribution is 2.43. The highest BCUT2D eigenvalue weighted by Gasteiger charge is 2.43. The zero-order valence-corrected chi connectivity index (χ0v) is 12.6. The fourth-order valence-corrected chi connectivity index (χ4v) is 2.56. The molecular formula is C14H22F3N3O. The van der Waals surface area contributed by atoms with E-state index in [9.17, 15) is 13.2 Å². The normalized spacial score (nSPS) is 24.3. The minimum atomic E-state index is -4.13. The summed E-state index contributed by atoms with van der Waals surface area (Å²) in [5, 5.41) is 11.1. The standard InChI is InChI=1S/C14H22F3N3O/c1-13(2,3)18-8-11-19-20-12(21-11)9-5-4-6-10(7-9)14(15,16)17/h9-10,18H,4-8H2,1-3H3. The van der Waals surface area contributed by atoms with Gasteiger partial charge in [-0.3, -0.25) is 0 Å². The Morgan fingerprint density at radius 3 is 2.52 bits per heavy atom. The Morgan fingerprint density at radius 1 is 1.19 bits per heavy atom. The Morgan fingerprint density at radius 2 is 1.90 bits per heavy atom. The van der Waals surface area contributed by atoms with Crippen LogP contribution >= 0.6 is 0 Å². The summed E-state index contributed by atoms with van der Waals surface area (Å²) < 4.78 is 44.0. The van der Waals surface area contributed by atoms with Crippen molar-refractivity contribution in [3.8, 4) is 0 Å². The summed E-state index contributed by atoms with van der Waals surface area (Å²) in [5.41, 5.74) is -0.0825. The minimum absolute atomic E-state index is 0.0534. The lowest BCUT2D eigenvalue weighted by Gasteiger charge is -2.28. The predicted octanol–water partition coefficient (Wildman–Crippen LogP) is 3.79. The van der Waals surface area contributed by atoms with E-state index in [0.29, 0.717) is 31.2 Å². The third kappa shape index (κ3) is 4.69. The predicted molar refractivity (Wildman–Crippen MR) is 71.6 cm³/mol. The highest BCUT2D eigenvalue weighted by molar-refractivity contribution is 4.96. The molecule has 120 valence electrons. The molecule has 2 atom stereocenters. The van der Waals surface area contributed by atoms with Crippen LogP contribution < -0.4 is 5.32 Å². The molecule has 0 radical (unpaired) electrons. The van der Waals surface area contributed by atoms with E-state index >= 15 is 0 Å². The molecule has 2 unspecified atom stereocenters. The van der Waals surface area contributed by atoms with Gasteiger partial charge in [0.05, 0.1) is 12.5 Å². The van der Waals surface area contributed by atoms with Crippen LogP contribution in [0.1, 0.15) is 64.2 Å². The molecule has 0 bridgehead atoms. The van der Waals surface area contributed by atoms with Gasteiger partial charge in [0.2, 0.25) is 11.8 Å². The molecular weight excluding hydrogens is 283 g/mol. The van der Waals surface area contributed by atoms with E-state index < -0.39 is 12.1 Å². The first-order valence-electron chi connectivity index (χ1n) is 7.29. The second kappa shape index (κ2) is 5.94. The molecule has 7 heteroatoms. The number of halogens is 3. The van der Waals surface area contributed by atoms with Crippen molar-refractivity contribution in [3.63, 3.8) is 0 Å². The van der Waals surface area contributed by atoms with Gasteiger partial charge in [-0.15, -0.1) is 10.2 Å². The fourth-order valence-electron chi connectivity index (χ4n) is 2.56. The van der Waals surface area contributed by atoms with E-state index in [-0.39, 0.29) is 24.3 Å². The zero-order valence-electron chi connectivity index (χ0n) is 12.6. The van der Waals surface area contributed by atoms with Gasteiger partial charge in [0.1, 0.15) is 0 Å². The van der Waals surface area contributed by atoms with Gasteiger partial charge in [0.25, 0.3) is 0 Å². The van der Waals surface area contributed by atoms with Crippen molar-refractivity contribution in [2.75, 3.05) is 0 Å². The number of nitrogens with one attached hydrogen (secondary N) is 1. The fraction of sp³-hybridized carbons (Fsp3) is 0.857. The van der Waals surface area contributed by atoms with Crippen molar-refractivity contribution in [3.05, 3.63) is 11.8 Å². The van der Waals surface area contributed by atoms with Crippen LogP contribution in [0.5, 0.6) is 0 Å². The van der Waals surface area contributed by atoms with Crippen molar-refractivity contribution < 1.29 is 17.6 Å². The van der Waals surface area contributed by atoms with Crippen LogP contribution in [0.15, 0.2) is 4.42 Å². The monoisotopic (exact) mass is 305 g/mol. The average molecular weight is 305 g/mol. The molecule has 1 aromatic heterocycles. The molecule has 2 rings (SSSR count). The van der Waals surface area contributed by atoms with Crippen LogP contribution in [0.2, 0.25) is 0 Å². The molecule has 1 aromatic rings. The molecule has 0 spiro atoms. The molecule has 0 amide bonds. The Labute approximate surface area is 122 Å². The van der Waals surface area contributed by atoms with Gasteiger partial charge in [-0.05, 0) is 40.0 Å². The van der Waals surface area contributed by atoms with Gasteiger partial charge >= 0.3 is 6.18 Å². The number of alkyl halides is 3. The quantitative estimate of drug-likeness (QED) is 0.923. The number of nitrogens with zero attached hydrogens (tertiary/aromatic N) is 2. The van der Waals surface area contributed by atoms with Crippen molar-refractivity contribution in [1.82, 2.24) is 15.5 Å². The molecule has 4 nitrogen and oxygen atoms in total. The first kappa shape index (κ1) is 16.3. The average Bonchev–Trinajstić information content (AvgIpc) is 2.83. The Hall–Kier alpha value is -1.11. The van der Waals surface area contributed by atoms with Crippen molar-refractivity contribution in [2.24, 2.45) is 5.92 Å².